The lowest BCUT2D eigenvalue weighted by molar-refractivity contribution is -0.120. The highest BCUT2D eigenvalue weighted by Gasteiger charge is 2.43. The molecule has 0 radical (unpaired) electrons. The van der Waals surface area contributed by atoms with Gasteiger partial charge in [0.2, 0.25) is 0 Å². The molecule has 48 valence electrons. The van der Waals surface area contributed by atoms with Gasteiger partial charge in [-0.15, -0.1) is 0 Å². The van der Waals surface area contributed by atoms with E-state index in [2.05, 4.69) is 12.2 Å². The van der Waals surface area contributed by atoms with Crippen LogP contribution in [-0.4, -0.2) is 6.29 Å². The molecule has 1 heteroatoms. The molecular weight excluding hydrogens is 112 g/mol. The molecule has 3 rings (SSSR count). The maximum Gasteiger partial charge on any atom is 0.129 e. The molecule has 0 aromatic carbocycles. The summed E-state index contributed by atoms with van der Waals surface area (Å²) in [7, 11) is 0. The topological polar surface area (TPSA) is 17.1 Å². The predicted octanol–water partition coefficient (Wildman–Crippen LogP) is 1.54. The molecule has 0 N–H and O–H groups in total. The van der Waals surface area contributed by atoms with Crippen molar-refractivity contribution in [1.29, 1.82) is 0 Å². The lowest BCUT2D eigenvalue weighted by Crippen LogP contribution is -2.39. The van der Waals surface area contributed by atoms with Crippen LogP contribution in [0.1, 0.15) is 19.3 Å². The van der Waals surface area contributed by atoms with Gasteiger partial charge in [0.15, 0.2) is 0 Å². The summed E-state index contributed by atoms with van der Waals surface area (Å²) in [5.41, 5.74) is 0.00289. The second kappa shape index (κ2) is 1.47. The fraction of sp³-hybridized carbons (Fsp3) is 0.625. The summed E-state index contributed by atoms with van der Waals surface area (Å²) >= 11 is 0. The van der Waals surface area contributed by atoms with Crippen molar-refractivity contribution in [3.63, 3.8) is 0 Å². The fourth-order valence-electron chi connectivity index (χ4n) is 1.95. The summed E-state index contributed by atoms with van der Waals surface area (Å²) < 4.78 is 0. The van der Waals surface area contributed by atoms with E-state index in [9.17, 15) is 4.79 Å². The Hall–Kier alpha value is -0.590. The van der Waals surface area contributed by atoms with Crippen molar-refractivity contribution in [3.8, 4) is 0 Å². The van der Waals surface area contributed by atoms with Gasteiger partial charge in [-0.05, 0) is 25.2 Å². The minimum absolute atomic E-state index is 0.00289. The molecule has 0 aliphatic heterocycles. The highest BCUT2D eigenvalue weighted by molar-refractivity contribution is 5.65. The highest BCUT2D eigenvalue weighted by Crippen LogP contribution is 2.50. The number of allylic oxidation sites excluding steroid dienone is 2. The number of aldehydes is 1. The largest absolute Gasteiger partial charge is 0.302 e. The van der Waals surface area contributed by atoms with Crippen molar-refractivity contribution in [2.45, 2.75) is 19.3 Å². The van der Waals surface area contributed by atoms with Crippen LogP contribution in [0.2, 0.25) is 0 Å². The zero-order valence-electron chi connectivity index (χ0n) is 5.34. The van der Waals surface area contributed by atoms with Crippen molar-refractivity contribution < 1.29 is 4.79 Å². The van der Waals surface area contributed by atoms with E-state index >= 15 is 0 Å². The van der Waals surface area contributed by atoms with Crippen molar-refractivity contribution >= 4 is 6.29 Å². The first-order chi connectivity index (χ1) is 4.35. The van der Waals surface area contributed by atoms with Gasteiger partial charge in [0, 0.05) is 5.41 Å². The second-order valence-electron chi connectivity index (χ2n) is 3.26. The first-order valence-electron chi connectivity index (χ1n) is 3.49. The molecule has 3 aliphatic rings. The van der Waals surface area contributed by atoms with Gasteiger partial charge < -0.3 is 4.79 Å². The quantitative estimate of drug-likeness (QED) is 0.381. The number of rotatable bonds is 1. The Balaban J connectivity index is 2.25. The Morgan fingerprint density at radius 3 is 2.67 bits per heavy atom. The molecule has 0 unspecified atom stereocenters. The van der Waals surface area contributed by atoms with Crippen molar-refractivity contribution in [1.82, 2.24) is 0 Å². The maximum atomic E-state index is 10.5. The molecule has 1 nitrogen and oxygen atoms in total. The van der Waals surface area contributed by atoms with Crippen LogP contribution < -0.4 is 0 Å². The number of carbonyl (C=O) groups is 1. The Morgan fingerprint density at radius 2 is 2.33 bits per heavy atom. The second-order valence-corrected chi connectivity index (χ2v) is 3.26. The van der Waals surface area contributed by atoms with Gasteiger partial charge in [-0.2, -0.15) is 0 Å². The van der Waals surface area contributed by atoms with Crippen LogP contribution in [0, 0.1) is 11.3 Å². The van der Waals surface area contributed by atoms with Crippen molar-refractivity contribution in [2.75, 3.05) is 0 Å². The van der Waals surface area contributed by atoms with E-state index in [0.717, 1.165) is 25.0 Å². The number of fused-ring (bicyclic) bond motifs is 1. The number of carbonyl (C=O) groups excluding carboxylic acids is 1. The van der Waals surface area contributed by atoms with Crippen LogP contribution in [-0.2, 0) is 4.79 Å². The van der Waals surface area contributed by atoms with Crippen LogP contribution in [0.25, 0.3) is 0 Å². The van der Waals surface area contributed by atoms with Gasteiger partial charge >= 0.3 is 0 Å². The normalized spacial score (nSPS) is 46.0. The molecule has 2 bridgehead atoms. The molecule has 1 fully saturated rings. The first kappa shape index (κ1) is 5.21. The van der Waals surface area contributed by atoms with Gasteiger partial charge in [0.05, 0.1) is 0 Å². The zero-order valence-corrected chi connectivity index (χ0v) is 5.34. The molecule has 9 heavy (non-hydrogen) atoms. The molecule has 0 atom stereocenters. The number of hydrogen-bond donors (Lipinski definition) is 0. The van der Waals surface area contributed by atoms with Crippen LogP contribution in [0.15, 0.2) is 12.2 Å². The fourth-order valence-corrected chi connectivity index (χ4v) is 1.95. The van der Waals surface area contributed by atoms with Crippen LogP contribution in [0.4, 0.5) is 0 Å². The van der Waals surface area contributed by atoms with Gasteiger partial charge in [0.1, 0.15) is 6.29 Å². The van der Waals surface area contributed by atoms with E-state index < -0.39 is 0 Å². The average Bonchev–Trinajstić information content (AvgIpc) is 1.88. The molecule has 0 spiro atoms. The Morgan fingerprint density at radius 1 is 1.56 bits per heavy atom. The number of hydrogen-bond acceptors (Lipinski definition) is 1. The zero-order chi connectivity index (χ0) is 6.32. The highest BCUT2D eigenvalue weighted by atomic mass is 16.1. The van der Waals surface area contributed by atoms with Gasteiger partial charge in [-0.3, -0.25) is 0 Å². The van der Waals surface area contributed by atoms with E-state index in [1.807, 2.05) is 0 Å². The third-order valence-corrected chi connectivity index (χ3v) is 2.49. The third-order valence-electron chi connectivity index (χ3n) is 2.49. The lowest BCUT2D eigenvalue weighted by atomic mass is 9.58. The van der Waals surface area contributed by atoms with Gasteiger partial charge in [-0.25, -0.2) is 0 Å². The molecular formula is C8H10O. The summed E-state index contributed by atoms with van der Waals surface area (Å²) in [6.45, 7) is 0. The van der Waals surface area contributed by atoms with Crippen molar-refractivity contribution in [3.05, 3.63) is 12.2 Å². The molecule has 0 saturated heterocycles. The average molecular weight is 122 g/mol. The first-order valence-corrected chi connectivity index (χ1v) is 3.49. The van der Waals surface area contributed by atoms with E-state index in [4.69, 9.17) is 0 Å². The monoisotopic (exact) mass is 122 g/mol. The summed E-state index contributed by atoms with van der Waals surface area (Å²) in [5.74, 6) is 0.834. The maximum absolute atomic E-state index is 10.5. The molecule has 3 aliphatic carbocycles. The summed E-state index contributed by atoms with van der Waals surface area (Å²) in [6, 6.07) is 0. The molecule has 0 heterocycles. The predicted molar refractivity (Wildman–Crippen MR) is 35.0 cm³/mol. The smallest absolute Gasteiger partial charge is 0.129 e. The minimum Gasteiger partial charge on any atom is -0.302 e. The van der Waals surface area contributed by atoms with Gasteiger partial charge in [-0.1, -0.05) is 12.2 Å². The Bertz CT molecular complexity index is 163. The lowest BCUT2D eigenvalue weighted by Gasteiger charge is -2.44. The van der Waals surface area contributed by atoms with Crippen molar-refractivity contribution in [2.24, 2.45) is 11.3 Å². The minimum atomic E-state index is 0.00289. The molecule has 0 amide bonds. The van der Waals surface area contributed by atoms with E-state index in [0.29, 0.717) is 0 Å². The standard InChI is InChI=1S/C8H10O/c9-6-8-3-1-2-7(4-8)5-8/h1,3,6-7H,2,4-5H2. The summed E-state index contributed by atoms with van der Waals surface area (Å²) in [5, 5.41) is 0. The Labute approximate surface area is 54.8 Å². The van der Waals surface area contributed by atoms with Crippen LogP contribution >= 0.6 is 0 Å². The molecule has 1 saturated carbocycles. The van der Waals surface area contributed by atoms with E-state index in [-0.39, 0.29) is 5.41 Å². The van der Waals surface area contributed by atoms with E-state index in [1.165, 1.54) is 6.42 Å². The molecule has 0 aromatic rings. The van der Waals surface area contributed by atoms with Crippen LogP contribution in [0.5, 0.6) is 0 Å². The third kappa shape index (κ3) is 0.576. The Kier molecular flexibility index (Phi) is 0.850. The van der Waals surface area contributed by atoms with Crippen LogP contribution in [0.3, 0.4) is 0 Å². The summed E-state index contributed by atoms with van der Waals surface area (Å²) in [4.78, 5) is 10.5. The van der Waals surface area contributed by atoms with Gasteiger partial charge in [0.25, 0.3) is 0 Å². The van der Waals surface area contributed by atoms with E-state index in [1.54, 1.807) is 0 Å². The molecule has 0 aromatic heterocycles. The summed E-state index contributed by atoms with van der Waals surface area (Å²) in [6.07, 6.45) is 8.78. The SMILES string of the molecule is O=CC12C=CCC(C1)C2.